The van der Waals surface area contributed by atoms with E-state index in [0.717, 1.165) is 25.5 Å². The summed E-state index contributed by atoms with van der Waals surface area (Å²) < 4.78 is 26.6. The van der Waals surface area contributed by atoms with Gasteiger partial charge in [0.1, 0.15) is 41.2 Å². The maximum Gasteiger partial charge on any atom is 0.335 e. The van der Waals surface area contributed by atoms with Gasteiger partial charge < -0.3 is 49.6 Å². The first-order valence-corrected chi connectivity index (χ1v) is 22.1. The van der Waals surface area contributed by atoms with Gasteiger partial charge in [-0.2, -0.15) is 0 Å². The lowest BCUT2D eigenvalue weighted by atomic mass is 9.47. The number of phenols is 2. The third-order valence-electron chi connectivity index (χ3n) is 17.2. The van der Waals surface area contributed by atoms with Gasteiger partial charge in [-0.15, -0.1) is 0 Å². The Morgan fingerprint density at radius 1 is 0.915 bits per heavy atom. The van der Waals surface area contributed by atoms with E-state index in [9.17, 15) is 40.2 Å². The number of rotatable bonds is 4. The number of aliphatic hydroxyl groups is 3. The van der Waals surface area contributed by atoms with Crippen LogP contribution in [-0.4, -0.2) is 98.0 Å². The summed E-state index contributed by atoms with van der Waals surface area (Å²) in [6, 6.07) is 2.30. The minimum absolute atomic E-state index is 0.0166. The van der Waals surface area contributed by atoms with E-state index < -0.39 is 65.7 Å². The molecule has 11 rings (SSSR count). The summed E-state index contributed by atoms with van der Waals surface area (Å²) in [6.45, 7) is 4.17. The Kier molecular flexibility index (Phi) is 8.62. The lowest BCUT2D eigenvalue weighted by molar-refractivity contribution is -0.336. The molecule has 3 spiro atoms. The van der Waals surface area contributed by atoms with E-state index in [4.69, 9.17) is 18.9 Å². The second-order valence-corrected chi connectivity index (χ2v) is 20.2. The molecule has 0 aromatic heterocycles. The fraction of sp³-hybridized carbons (Fsp3) is 0.660. The molecule has 3 saturated heterocycles. The highest BCUT2D eigenvalue weighted by molar-refractivity contribution is 6.11. The van der Waals surface area contributed by atoms with Crippen LogP contribution in [0, 0.1) is 47.3 Å². The van der Waals surface area contributed by atoms with Gasteiger partial charge >= 0.3 is 5.97 Å². The first-order valence-electron chi connectivity index (χ1n) is 22.1. The number of benzene rings is 2. The predicted octanol–water partition coefficient (Wildman–Crippen LogP) is 6.24. The van der Waals surface area contributed by atoms with Gasteiger partial charge in [-0.05, 0) is 148 Å². The molecule has 6 N–H and O–H groups in total. The Balaban J connectivity index is 0.988. The largest absolute Gasteiger partial charge is 0.507 e. The molecule has 4 aliphatic heterocycles. The summed E-state index contributed by atoms with van der Waals surface area (Å²) in [6.07, 6.45) is 8.12. The molecular weight excluding hydrogens is 757 g/mol. The number of allylic oxidation sites excluding steroid dienone is 2. The molecule has 0 unspecified atom stereocenters. The van der Waals surface area contributed by atoms with Gasteiger partial charge in [-0.1, -0.05) is 18.9 Å². The molecule has 12 heteroatoms. The normalized spacial score (nSPS) is 41.6. The number of Topliss-reactive ketones (excluding diaryl/α,β-unsaturated/α-hetero) is 1. The molecular formula is C47H56O12. The second kappa shape index (κ2) is 13.2. The van der Waals surface area contributed by atoms with Crippen LogP contribution in [0.15, 0.2) is 34.9 Å². The van der Waals surface area contributed by atoms with Crippen molar-refractivity contribution < 1.29 is 59.2 Å². The quantitative estimate of drug-likeness (QED) is 0.151. The second-order valence-electron chi connectivity index (χ2n) is 20.2. The summed E-state index contributed by atoms with van der Waals surface area (Å²) in [7, 11) is 0. The number of hydrogen-bond acceptors (Lipinski definition) is 11. The van der Waals surface area contributed by atoms with Crippen molar-refractivity contribution in [3.63, 3.8) is 0 Å². The molecule has 4 saturated carbocycles. The summed E-state index contributed by atoms with van der Waals surface area (Å²) in [5.41, 5.74) is 2.74. The maximum absolute atomic E-state index is 12.7. The van der Waals surface area contributed by atoms with Crippen LogP contribution in [0.2, 0.25) is 0 Å². The number of carboxylic acid groups (broad SMARTS) is 1. The zero-order chi connectivity index (χ0) is 40.9. The van der Waals surface area contributed by atoms with E-state index >= 15 is 0 Å². The third-order valence-corrected chi connectivity index (χ3v) is 17.2. The van der Waals surface area contributed by atoms with Crippen LogP contribution in [0.5, 0.6) is 17.2 Å². The van der Waals surface area contributed by atoms with E-state index in [0.29, 0.717) is 55.0 Å². The number of carbonyl (C=O) groups is 2. The van der Waals surface area contributed by atoms with Gasteiger partial charge in [0.05, 0.1) is 35.3 Å². The average Bonchev–Trinajstić information content (AvgIpc) is 3.90. The van der Waals surface area contributed by atoms with Crippen molar-refractivity contribution >= 4 is 22.5 Å². The highest BCUT2D eigenvalue weighted by Crippen LogP contribution is 2.70. The molecule has 7 fully saturated rings. The topological polar surface area (TPSA) is 192 Å². The van der Waals surface area contributed by atoms with Crippen molar-refractivity contribution in [1.29, 1.82) is 0 Å². The lowest BCUT2D eigenvalue weighted by Crippen LogP contribution is -2.71. The van der Waals surface area contributed by atoms with Crippen LogP contribution < -0.4 is 4.74 Å². The highest BCUT2D eigenvalue weighted by Gasteiger charge is 2.67. The Bertz CT molecular complexity index is 2220. The minimum atomic E-state index is -1.74. The Morgan fingerprint density at radius 2 is 1.69 bits per heavy atom. The van der Waals surface area contributed by atoms with Crippen LogP contribution in [-0.2, 0) is 14.2 Å². The molecule has 13 atom stereocenters. The Morgan fingerprint density at radius 3 is 2.46 bits per heavy atom. The van der Waals surface area contributed by atoms with Gasteiger partial charge in [0.25, 0.3) is 0 Å². The summed E-state index contributed by atoms with van der Waals surface area (Å²) in [5.74, 6) is -1.59. The zero-order valence-corrected chi connectivity index (χ0v) is 33.8. The summed E-state index contributed by atoms with van der Waals surface area (Å²) in [5, 5.41) is 69.3. The van der Waals surface area contributed by atoms with E-state index in [2.05, 4.69) is 6.08 Å². The lowest BCUT2D eigenvalue weighted by Gasteiger charge is -2.60. The average molecular weight is 813 g/mol. The number of ether oxygens (including phenoxy) is 4. The fourth-order valence-corrected chi connectivity index (χ4v) is 15.0. The van der Waals surface area contributed by atoms with Crippen molar-refractivity contribution in [3.05, 3.63) is 51.6 Å². The van der Waals surface area contributed by atoms with Crippen LogP contribution in [0.1, 0.15) is 117 Å². The number of aromatic hydroxyl groups is 2. The molecule has 2 aromatic rings. The van der Waals surface area contributed by atoms with Crippen molar-refractivity contribution in [1.82, 2.24) is 0 Å². The van der Waals surface area contributed by atoms with Gasteiger partial charge in [-0.3, -0.25) is 4.79 Å². The third kappa shape index (κ3) is 5.41. The number of aromatic carboxylic acids is 1. The molecule has 0 amide bonds. The number of carboxylic acids is 1. The van der Waals surface area contributed by atoms with E-state index in [1.54, 1.807) is 0 Å². The van der Waals surface area contributed by atoms with E-state index in [-0.39, 0.29) is 44.5 Å². The SMILES string of the molecule is CC(=O)c1c(C)c(O)c2cc(C(=O)O)cc(O[C@@H]3O[C@@H]4[C@@H](O)CC[C@H]5O[C@@]4(C[C@@H]4C6=C5CC=C6[C@H]5COC[C@@H]6C[C@]7(CCC8(CCCC8)C7)C[C@H]4[C@@H]65)[C@H](O)[C@H]3O)c2c1O. The predicted molar refractivity (Wildman–Crippen MR) is 212 cm³/mol. The van der Waals surface area contributed by atoms with Crippen LogP contribution in [0.3, 0.4) is 0 Å². The van der Waals surface area contributed by atoms with Gasteiger partial charge in [-0.25, -0.2) is 4.79 Å². The van der Waals surface area contributed by atoms with Gasteiger partial charge in [0.2, 0.25) is 6.29 Å². The van der Waals surface area contributed by atoms with Crippen molar-refractivity contribution in [3.8, 4) is 17.2 Å². The molecule has 4 heterocycles. The molecule has 59 heavy (non-hydrogen) atoms. The van der Waals surface area contributed by atoms with E-state index in [1.807, 2.05) is 0 Å². The zero-order valence-electron chi connectivity index (χ0n) is 33.8. The first-order chi connectivity index (χ1) is 28.2. The number of fused-ring (bicyclic) bond motifs is 5. The maximum atomic E-state index is 12.7. The molecule has 2 aromatic carbocycles. The van der Waals surface area contributed by atoms with Crippen molar-refractivity contribution in [2.75, 3.05) is 13.2 Å². The smallest absolute Gasteiger partial charge is 0.335 e. The number of hydrogen-bond donors (Lipinski definition) is 6. The molecule has 9 aliphatic rings. The monoisotopic (exact) mass is 812 g/mol. The van der Waals surface area contributed by atoms with E-state index in [1.165, 1.54) is 88.0 Å². The minimum Gasteiger partial charge on any atom is -0.507 e. The number of ketones is 1. The number of phenolic OH excluding ortho intramolecular Hbond substituents is 2. The molecule has 0 radical (unpaired) electrons. The standard InChI is InChI=1S/C47H56O12/c1-21-34(22(2)48)39(51)37-27(38(21)50)13-23(43(54)55)14-33(37)57-44-40(52)41(53)47-17-29-28-16-46(12-11-45(20-46)9-3-4-10-45)15-24-18-56-19-30(35(24)28)25-5-6-26(36(25)29)32(59-47)8-7-31(49)42(47)58-44/h5,13-14,24,28-32,35,40-42,44,49-53H,3-4,6-12,15-20H2,1-2H3,(H,54,55)/t24-,28+,29-,30+,31-,32+,35+,40+,41+,42+,44+,46+,47-/m0/s1. The Labute approximate surface area is 343 Å². The Hall–Kier alpha value is -3.52. The number of aliphatic hydroxyl groups excluding tert-OH is 3. The molecule has 2 bridgehead atoms. The van der Waals surface area contributed by atoms with Gasteiger partial charge in [0.15, 0.2) is 5.78 Å². The molecule has 316 valence electrons. The van der Waals surface area contributed by atoms with Gasteiger partial charge in [0, 0.05) is 23.5 Å². The first kappa shape index (κ1) is 38.4. The van der Waals surface area contributed by atoms with Crippen molar-refractivity contribution in [2.45, 2.75) is 140 Å². The van der Waals surface area contributed by atoms with Crippen LogP contribution >= 0.6 is 0 Å². The van der Waals surface area contributed by atoms with Crippen LogP contribution in [0.25, 0.3) is 10.8 Å². The number of carbonyl (C=O) groups excluding carboxylic acids is 1. The van der Waals surface area contributed by atoms with Crippen molar-refractivity contribution in [2.24, 2.45) is 40.4 Å². The fourth-order valence-electron chi connectivity index (χ4n) is 15.0. The van der Waals surface area contributed by atoms with Crippen LogP contribution in [0.4, 0.5) is 0 Å². The molecule has 5 aliphatic carbocycles. The molecule has 12 nitrogen and oxygen atoms in total. The summed E-state index contributed by atoms with van der Waals surface area (Å²) >= 11 is 0. The summed E-state index contributed by atoms with van der Waals surface area (Å²) in [4.78, 5) is 25.0. The highest BCUT2D eigenvalue weighted by atomic mass is 16.7.